The number of amides is 1. The summed E-state index contributed by atoms with van der Waals surface area (Å²) in [6.45, 7) is 6.83. The third-order valence-electron chi connectivity index (χ3n) is 9.35. The lowest BCUT2D eigenvalue weighted by Gasteiger charge is -2.40. The number of hydrogen-bond donors (Lipinski definition) is 1. The molecule has 3 fully saturated rings. The lowest BCUT2D eigenvalue weighted by atomic mass is 9.86. The standard InChI is InChI=1S/C38H56N2O10/c1-25(2)10-8-12-28-18-29-16-15-26(3)34(48-29)22-30(44-4)19-31-20-32(21-33(47-31)23-37(42)49-28)50-36(41)14-7-6-11-27-24-46-35(40-27)13-9-17-39-38(43)45-5/h7-9,12-14,24-26,28-34H,6,10-11,15-23H2,1-5H3,(H,39,43)/b12-8+,13-9-,14-7-/t26-,28-,29?,30-,31+,32+,33+,34+/m0/s1. The van der Waals surface area contributed by atoms with Crippen LogP contribution in [0.15, 0.2) is 41.1 Å². The van der Waals surface area contributed by atoms with E-state index in [1.807, 2.05) is 6.08 Å². The molecule has 4 heterocycles. The van der Waals surface area contributed by atoms with Crippen molar-refractivity contribution in [3.8, 4) is 0 Å². The van der Waals surface area contributed by atoms with Gasteiger partial charge in [0.15, 0.2) is 0 Å². The van der Waals surface area contributed by atoms with Gasteiger partial charge in [-0.05, 0) is 62.5 Å². The van der Waals surface area contributed by atoms with Crippen LogP contribution in [0, 0.1) is 11.8 Å². The molecule has 12 nitrogen and oxygen atoms in total. The summed E-state index contributed by atoms with van der Waals surface area (Å²) in [5.41, 5.74) is 0.735. The number of methoxy groups -OCH3 is 2. The van der Waals surface area contributed by atoms with Crippen molar-refractivity contribution in [2.24, 2.45) is 11.8 Å². The van der Waals surface area contributed by atoms with E-state index in [2.05, 4.69) is 41.9 Å². The molecule has 1 amide bonds. The molecule has 0 saturated carbocycles. The van der Waals surface area contributed by atoms with Crippen molar-refractivity contribution in [3.63, 3.8) is 0 Å². The summed E-state index contributed by atoms with van der Waals surface area (Å²) in [7, 11) is 3.02. The quantitative estimate of drug-likeness (QED) is 0.114. The average molecular weight is 701 g/mol. The second kappa shape index (κ2) is 20.4. The molecular weight excluding hydrogens is 644 g/mol. The first-order chi connectivity index (χ1) is 24.1. The summed E-state index contributed by atoms with van der Waals surface area (Å²) in [6.07, 6.45) is 17.2. The maximum atomic E-state index is 13.3. The minimum Gasteiger partial charge on any atom is -0.459 e. The molecule has 0 aliphatic carbocycles. The number of alkyl carbamates (subject to hydrolysis) is 1. The van der Waals surface area contributed by atoms with Gasteiger partial charge in [0, 0.05) is 45.4 Å². The van der Waals surface area contributed by atoms with Gasteiger partial charge in [0.2, 0.25) is 5.89 Å². The Balaban J connectivity index is 1.34. The van der Waals surface area contributed by atoms with Crippen LogP contribution in [0.25, 0.3) is 6.08 Å². The van der Waals surface area contributed by atoms with E-state index in [-0.39, 0.29) is 49.5 Å². The number of fused-ring (bicyclic) bond motifs is 4. The zero-order valence-corrected chi connectivity index (χ0v) is 30.3. The fourth-order valence-electron chi connectivity index (χ4n) is 6.66. The summed E-state index contributed by atoms with van der Waals surface area (Å²) in [4.78, 5) is 41.7. The first-order valence-electron chi connectivity index (χ1n) is 18.1. The summed E-state index contributed by atoms with van der Waals surface area (Å²) in [6, 6.07) is 0. The van der Waals surface area contributed by atoms with Gasteiger partial charge in [-0.25, -0.2) is 14.6 Å². The number of ether oxygens (including phenoxy) is 6. The molecule has 3 aliphatic rings. The Morgan fingerprint density at radius 2 is 1.80 bits per heavy atom. The van der Waals surface area contributed by atoms with Crippen LogP contribution in [-0.2, 0) is 44.4 Å². The summed E-state index contributed by atoms with van der Waals surface area (Å²) >= 11 is 0. The van der Waals surface area contributed by atoms with Crippen LogP contribution in [0.2, 0.25) is 0 Å². The maximum Gasteiger partial charge on any atom is 0.407 e. The predicted molar refractivity (Wildman–Crippen MR) is 186 cm³/mol. The molecule has 50 heavy (non-hydrogen) atoms. The van der Waals surface area contributed by atoms with E-state index in [1.165, 1.54) is 13.2 Å². The number of nitrogens with zero attached hydrogens (tertiary/aromatic N) is 1. The van der Waals surface area contributed by atoms with Crippen LogP contribution in [0.1, 0.15) is 96.6 Å². The topological polar surface area (TPSA) is 145 Å². The van der Waals surface area contributed by atoms with E-state index in [0.29, 0.717) is 56.3 Å². The molecule has 3 saturated heterocycles. The number of carbonyl (C=O) groups excluding carboxylic acids is 3. The Labute approximate surface area is 296 Å². The first kappa shape index (κ1) is 39.3. The second-order valence-corrected chi connectivity index (χ2v) is 14.0. The molecule has 1 aromatic rings. The van der Waals surface area contributed by atoms with Crippen LogP contribution in [0.5, 0.6) is 0 Å². The van der Waals surface area contributed by atoms with Crippen molar-refractivity contribution < 1.29 is 47.2 Å². The zero-order valence-electron chi connectivity index (χ0n) is 30.3. The van der Waals surface area contributed by atoms with Crippen molar-refractivity contribution in [3.05, 3.63) is 48.2 Å². The Morgan fingerprint density at radius 3 is 2.58 bits per heavy atom. The number of oxazole rings is 1. The number of carbonyl (C=O) groups is 3. The molecule has 3 aliphatic heterocycles. The number of esters is 2. The largest absolute Gasteiger partial charge is 0.459 e. The minimum atomic E-state index is -0.517. The van der Waals surface area contributed by atoms with Gasteiger partial charge in [-0.3, -0.25) is 4.79 Å². The van der Waals surface area contributed by atoms with Gasteiger partial charge in [0.1, 0.15) is 18.5 Å². The van der Waals surface area contributed by atoms with Crippen molar-refractivity contribution >= 4 is 24.1 Å². The first-order valence-corrected chi connectivity index (χ1v) is 18.1. The maximum absolute atomic E-state index is 13.3. The monoisotopic (exact) mass is 700 g/mol. The van der Waals surface area contributed by atoms with E-state index in [1.54, 1.807) is 31.6 Å². The van der Waals surface area contributed by atoms with E-state index in [0.717, 1.165) is 31.4 Å². The van der Waals surface area contributed by atoms with E-state index in [4.69, 9.17) is 28.1 Å². The normalized spacial score (nSPS) is 29.6. The van der Waals surface area contributed by atoms with Crippen molar-refractivity contribution in [1.82, 2.24) is 10.3 Å². The Morgan fingerprint density at radius 1 is 1.00 bits per heavy atom. The van der Waals surface area contributed by atoms with Gasteiger partial charge < -0.3 is 38.2 Å². The Bertz CT molecular complexity index is 1310. The third kappa shape index (κ3) is 13.7. The summed E-state index contributed by atoms with van der Waals surface area (Å²) in [5, 5.41) is 2.54. The highest BCUT2D eigenvalue weighted by molar-refractivity contribution is 5.82. The molecule has 1 unspecified atom stereocenters. The third-order valence-corrected chi connectivity index (χ3v) is 9.35. The van der Waals surface area contributed by atoms with Gasteiger partial charge >= 0.3 is 18.0 Å². The number of cyclic esters (lactones) is 1. The molecule has 4 rings (SSSR count). The summed E-state index contributed by atoms with van der Waals surface area (Å²) < 4.78 is 40.8. The molecule has 8 atom stereocenters. The van der Waals surface area contributed by atoms with Crippen LogP contribution in [-0.4, -0.2) is 86.5 Å². The smallest absolute Gasteiger partial charge is 0.407 e. The van der Waals surface area contributed by atoms with E-state index in [9.17, 15) is 14.4 Å². The molecular formula is C38H56N2O10. The molecule has 1 aromatic heterocycles. The highest BCUT2D eigenvalue weighted by Gasteiger charge is 2.38. The van der Waals surface area contributed by atoms with Crippen molar-refractivity contribution in [1.29, 1.82) is 0 Å². The molecule has 0 radical (unpaired) electrons. The SMILES string of the molecule is COC(=O)NC/C=C\c1nc(CC/C=C\C(=O)O[C@@H]2C[C@H]3C[C@H](OC)C[C@H]4OC(CC[C@@H]4C)C[C@H](/C=C/CC(C)C)OC(=O)C[C@@H](C2)O3)co1. The van der Waals surface area contributed by atoms with Gasteiger partial charge in [-0.1, -0.05) is 39.0 Å². The van der Waals surface area contributed by atoms with Crippen LogP contribution >= 0.6 is 0 Å². The molecule has 278 valence electrons. The fourth-order valence-corrected chi connectivity index (χ4v) is 6.66. The molecule has 12 heteroatoms. The molecule has 0 aromatic carbocycles. The minimum absolute atomic E-state index is 0.0180. The van der Waals surface area contributed by atoms with Gasteiger partial charge in [-0.15, -0.1) is 0 Å². The number of rotatable bonds is 12. The fraction of sp³-hybridized carbons (Fsp3) is 0.684. The molecule has 4 bridgehead atoms. The van der Waals surface area contributed by atoms with Crippen LogP contribution < -0.4 is 5.32 Å². The highest BCUT2D eigenvalue weighted by atomic mass is 16.6. The molecule has 1 N–H and O–H groups in total. The highest BCUT2D eigenvalue weighted by Crippen LogP contribution is 2.34. The Hall–Kier alpha value is -3.48. The van der Waals surface area contributed by atoms with Gasteiger partial charge in [0.25, 0.3) is 0 Å². The lowest BCUT2D eigenvalue weighted by Crippen LogP contribution is -2.43. The average Bonchev–Trinajstić information content (AvgIpc) is 3.52. The zero-order chi connectivity index (χ0) is 35.9. The van der Waals surface area contributed by atoms with Crippen LogP contribution in [0.4, 0.5) is 4.79 Å². The number of allylic oxidation sites excluding steroid dienone is 2. The summed E-state index contributed by atoms with van der Waals surface area (Å²) in [5.74, 6) is 0.537. The van der Waals surface area contributed by atoms with Gasteiger partial charge in [0.05, 0.1) is 49.7 Å². The number of hydrogen-bond acceptors (Lipinski definition) is 11. The van der Waals surface area contributed by atoms with Gasteiger partial charge in [-0.2, -0.15) is 0 Å². The van der Waals surface area contributed by atoms with E-state index >= 15 is 0 Å². The van der Waals surface area contributed by atoms with Crippen LogP contribution in [0.3, 0.4) is 0 Å². The number of nitrogens with one attached hydrogen (secondary N) is 1. The van der Waals surface area contributed by atoms with E-state index < -0.39 is 24.3 Å². The molecule has 0 spiro atoms. The predicted octanol–water partition coefficient (Wildman–Crippen LogP) is 6.28. The lowest BCUT2D eigenvalue weighted by molar-refractivity contribution is -0.171. The number of aromatic nitrogens is 1. The van der Waals surface area contributed by atoms with Crippen molar-refractivity contribution in [2.75, 3.05) is 20.8 Å². The number of aryl methyl sites for hydroxylation is 1. The van der Waals surface area contributed by atoms with Crippen molar-refractivity contribution in [2.45, 2.75) is 134 Å². The Kier molecular flexibility index (Phi) is 16.0. The second-order valence-electron chi connectivity index (χ2n) is 14.0.